The van der Waals surface area contributed by atoms with Crippen molar-refractivity contribution in [2.24, 2.45) is 0 Å². The van der Waals surface area contributed by atoms with Gasteiger partial charge in [-0.2, -0.15) is 0 Å². The molecular formula is C16H28N4OS2. The van der Waals surface area contributed by atoms with Gasteiger partial charge < -0.3 is 10.6 Å². The van der Waals surface area contributed by atoms with E-state index in [1.54, 1.807) is 11.3 Å². The number of hydrogen-bond acceptors (Lipinski definition) is 6. The molecule has 1 unspecified atom stereocenters. The van der Waals surface area contributed by atoms with Crippen LogP contribution in [-0.2, 0) is 4.79 Å². The van der Waals surface area contributed by atoms with Crippen molar-refractivity contribution in [3.05, 3.63) is 0 Å². The summed E-state index contributed by atoms with van der Waals surface area (Å²) in [4.78, 5) is 12.3. The van der Waals surface area contributed by atoms with E-state index in [0.29, 0.717) is 6.04 Å². The Kier molecular flexibility index (Phi) is 6.71. The van der Waals surface area contributed by atoms with Gasteiger partial charge in [0.25, 0.3) is 0 Å². The van der Waals surface area contributed by atoms with Crippen LogP contribution in [0.4, 0.5) is 5.13 Å². The third kappa shape index (κ3) is 5.95. The molecule has 0 radical (unpaired) electrons. The molecule has 0 spiro atoms. The maximum Gasteiger partial charge on any atom is 0.233 e. The quantitative estimate of drug-likeness (QED) is 0.721. The minimum atomic E-state index is -0.170. The second-order valence-electron chi connectivity index (χ2n) is 6.84. The van der Waals surface area contributed by atoms with E-state index >= 15 is 0 Å². The summed E-state index contributed by atoms with van der Waals surface area (Å²) in [6.07, 6.45) is 7.27. The van der Waals surface area contributed by atoms with Crippen molar-refractivity contribution in [1.29, 1.82) is 0 Å². The molecule has 2 rings (SSSR count). The van der Waals surface area contributed by atoms with E-state index in [2.05, 4.69) is 27.8 Å². The fourth-order valence-corrected chi connectivity index (χ4v) is 4.44. The molecule has 1 heterocycles. The van der Waals surface area contributed by atoms with Gasteiger partial charge in [0.05, 0.1) is 5.25 Å². The summed E-state index contributed by atoms with van der Waals surface area (Å²) >= 11 is 3.02. The first kappa shape index (κ1) is 18.5. The largest absolute Gasteiger partial charge is 0.357 e. The minimum Gasteiger partial charge on any atom is -0.357 e. The van der Waals surface area contributed by atoms with Gasteiger partial charge in [0.15, 0.2) is 4.34 Å². The molecule has 1 atom stereocenters. The molecule has 7 heteroatoms. The number of nitrogens with zero attached hydrogens (tertiary/aromatic N) is 2. The zero-order valence-corrected chi connectivity index (χ0v) is 16.1. The molecule has 0 saturated heterocycles. The lowest BCUT2D eigenvalue weighted by atomic mass is 9.96. The molecular weight excluding hydrogens is 328 g/mol. The van der Waals surface area contributed by atoms with Crippen LogP contribution >= 0.6 is 23.1 Å². The van der Waals surface area contributed by atoms with Crippen molar-refractivity contribution in [3.8, 4) is 0 Å². The third-order valence-corrected chi connectivity index (χ3v) is 6.37. The second kappa shape index (κ2) is 8.33. The first-order valence-electron chi connectivity index (χ1n) is 8.48. The average Bonchev–Trinajstić information content (AvgIpc) is 2.95. The molecule has 0 aliphatic heterocycles. The first-order chi connectivity index (χ1) is 10.9. The van der Waals surface area contributed by atoms with Gasteiger partial charge in [0.1, 0.15) is 0 Å². The van der Waals surface area contributed by atoms with Crippen LogP contribution in [0.5, 0.6) is 0 Å². The van der Waals surface area contributed by atoms with Gasteiger partial charge >= 0.3 is 0 Å². The number of nitrogens with one attached hydrogen (secondary N) is 2. The zero-order valence-electron chi connectivity index (χ0n) is 14.5. The molecule has 1 aromatic rings. The Hall–Kier alpha value is -0.820. The Balaban J connectivity index is 1.84. The summed E-state index contributed by atoms with van der Waals surface area (Å²) < 4.78 is 0.847. The molecule has 0 bridgehead atoms. The molecule has 1 saturated carbocycles. The summed E-state index contributed by atoms with van der Waals surface area (Å²) in [6.45, 7) is 8.08. The summed E-state index contributed by atoms with van der Waals surface area (Å²) in [7, 11) is 0. The van der Waals surface area contributed by atoms with Crippen LogP contribution in [0.1, 0.15) is 66.2 Å². The highest BCUT2D eigenvalue weighted by molar-refractivity contribution is 8.02. The highest BCUT2D eigenvalue weighted by atomic mass is 32.2. The van der Waals surface area contributed by atoms with Crippen molar-refractivity contribution in [1.82, 2.24) is 15.5 Å². The molecule has 1 aromatic heterocycles. The molecule has 5 nitrogen and oxygen atoms in total. The number of rotatable bonds is 7. The van der Waals surface area contributed by atoms with Crippen LogP contribution in [0.3, 0.4) is 0 Å². The molecule has 1 aliphatic carbocycles. The molecule has 23 heavy (non-hydrogen) atoms. The Morgan fingerprint density at radius 3 is 2.70 bits per heavy atom. The van der Waals surface area contributed by atoms with E-state index in [1.165, 1.54) is 43.9 Å². The number of anilines is 1. The second-order valence-corrected chi connectivity index (χ2v) is 9.40. The Morgan fingerprint density at radius 1 is 1.35 bits per heavy atom. The van der Waals surface area contributed by atoms with Gasteiger partial charge in [-0.1, -0.05) is 49.3 Å². The third-order valence-electron chi connectivity index (χ3n) is 4.33. The van der Waals surface area contributed by atoms with Gasteiger partial charge in [-0.25, -0.2) is 0 Å². The van der Waals surface area contributed by atoms with Crippen molar-refractivity contribution < 1.29 is 4.79 Å². The van der Waals surface area contributed by atoms with E-state index in [-0.39, 0.29) is 16.7 Å². The fraction of sp³-hybridized carbons (Fsp3) is 0.812. The van der Waals surface area contributed by atoms with Gasteiger partial charge in [-0.15, -0.1) is 10.2 Å². The van der Waals surface area contributed by atoms with E-state index in [4.69, 9.17) is 0 Å². The molecule has 1 amide bonds. The highest BCUT2D eigenvalue weighted by Crippen LogP contribution is 2.31. The standard InChI is InChI=1S/C16H28N4OS2/c1-5-16(3,4)18-13(21)11(2)22-15-20-19-14(23-15)17-12-9-7-6-8-10-12/h11-12H,5-10H2,1-4H3,(H,17,19)(H,18,21). The van der Waals surface area contributed by atoms with Crippen LogP contribution in [0.25, 0.3) is 0 Å². The topological polar surface area (TPSA) is 66.9 Å². The molecule has 130 valence electrons. The predicted molar refractivity (Wildman–Crippen MR) is 98.2 cm³/mol. The predicted octanol–water partition coefficient (Wildman–Crippen LogP) is 4.07. The maximum absolute atomic E-state index is 12.3. The van der Waals surface area contributed by atoms with Crippen molar-refractivity contribution >= 4 is 34.1 Å². The van der Waals surface area contributed by atoms with Crippen LogP contribution in [0.2, 0.25) is 0 Å². The van der Waals surface area contributed by atoms with Crippen LogP contribution < -0.4 is 10.6 Å². The van der Waals surface area contributed by atoms with E-state index in [9.17, 15) is 4.79 Å². The van der Waals surface area contributed by atoms with Crippen molar-refractivity contribution in [3.63, 3.8) is 0 Å². The van der Waals surface area contributed by atoms with Gasteiger partial charge in [-0.3, -0.25) is 4.79 Å². The van der Waals surface area contributed by atoms with Gasteiger partial charge in [-0.05, 0) is 40.0 Å². The summed E-state index contributed by atoms with van der Waals surface area (Å²) in [5, 5.41) is 15.7. The van der Waals surface area contributed by atoms with Crippen LogP contribution in [-0.4, -0.2) is 32.9 Å². The van der Waals surface area contributed by atoms with Gasteiger partial charge in [0.2, 0.25) is 11.0 Å². The average molecular weight is 357 g/mol. The monoisotopic (exact) mass is 356 g/mol. The molecule has 1 fully saturated rings. The van der Waals surface area contributed by atoms with Crippen molar-refractivity contribution in [2.45, 2.75) is 87.4 Å². The van der Waals surface area contributed by atoms with E-state index in [1.807, 2.05) is 20.8 Å². The maximum atomic E-state index is 12.3. The molecule has 2 N–H and O–H groups in total. The SMILES string of the molecule is CCC(C)(C)NC(=O)C(C)Sc1nnc(NC2CCCCC2)s1. The summed E-state index contributed by atoms with van der Waals surface area (Å²) in [5.41, 5.74) is -0.166. The van der Waals surface area contributed by atoms with Gasteiger partial charge in [0, 0.05) is 11.6 Å². The number of aromatic nitrogens is 2. The van der Waals surface area contributed by atoms with Crippen molar-refractivity contribution in [2.75, 3.05) is 5.32 Å². The molecule has 0 aromatic carbocycles. The fourth-order valence-electron chi connectivity index (χ4n) is 2.47. The minimum absolute atomic E-state index is 0.0545. The number of amides is 1. The summed E-state index contributed by atoms with van der Waals surface area (Å²) in [6, 6.07) is 0.528. The number of carbonyl (C=O) groups is 1. The van der Waals surface area contributed by atoms with Crippen LogP contribution in [0, 0.1) is 0 Å². The van der Waals surface area contributed by atoms with E-state index in [0.717, 1.165) is 15.9 Å². The zero-order chi connectivity index (χ0) is 16.9. The Bertz CT molecular complexity index is 512. The van der Waals surface area contributed by atoms with Crippen LogP contribution in [0.15, 0.2) is 4.34 Å². The molecule has 1 aliphatic rings. The number of carbonyl (C=O) groups excluding carboxylic acids is 1. The highest BCUT2D eigenvalue weighted by Gasteiger charge is 2.24. The Morgan fingerprint density at radius 2 is 2.04 bits per heavy atom. The number of hydrogen-bond donors (Lipinski definition) is 2. The first-order valence-corrected chi connectivity index (χ1v) is 10.2. The Labute approximate surface area is 147 Å². The number of thioether (sulfide) groups is 1. The lowest BCUT2D eigenvalue weighted by Crippen LogP contribution is -2.46. The lowest BCUT2D eigenvalue weighted by molar-refractivity contribution is -0.121. The van der Waals surface area contributed by atoms with E-state index < -0.39 is 0 Å². The smallest absolute Gasteiger partial charge is 0.233 e. The normalized spacial score (nSPS) is 17.7. The summed E-state index contributed by atoms with van der Waals surface area (Å²) in [5.74, 6) is 0.0545. The lowest BCUT2D eigenvalue weighted by Gasteiger charge is -2.26.